The third-order valence-electron chi connectivity index (χ3n) is 4.64. The molecule has 126 valence electrons. The molecule has 1 atom stereocenters. The highest BCUT2D eigenvalue weighted by Gasteiger charge is 2.54. The standard InChI is InChI=1S/C17H24N2O4/c1-2-21-11-16(20)19-12-17(13-19)15(5-8-23-17)10-22-9-14-3-6-18-7-4-14/h3-4,6-7,15H,2,5,8-13H2,1H3/t15-/m0/s1. The molecule has 2 fully saturated rings. The highest BCUT2D eigenvalue weighted by Crippen LogP contribution is 2.40. The van der Waals surface area contributed by atoms with Gasteiger partial charge < -0.3 is 19.1 Å². The predicted molar refractivity (Wildman–Crippen MR) is 83.8 cm³/mol. The normalized spacial score (nSPS) is 22.3. The minimum Gasteiger partial charge on any atom is -0.376 e. The maximum atomic E-state index is 11.9. The van der Waals surface area contributed by atoms with Gasteiger partial charge in [0.2, 0.25) is 5.91 Å². The van der Waals surface area contributed by atoms with Crippen molar-refractivity contribution >= 4 is 5.91 Å². The fraction of sp³-hybridized carbons (Fsp3) is 0.647. The van der Waals surface area contributed by atoms with Gasteiger partial charge in [0.1, 0.15) is 12.2 Å². The van der Waals surface area contributed by atoms with Crippen molar-refractivity contribution in [2.45, 2.75) is 25.6 Å². The molecule has 1 spiro atoms. The van der Waals surface area contributed by atoms with Gasteiger partial charge in [0.15, 0.2) is 0 Å². The third kappa shape index (κ3) is 3.71. The largest absolute Gasteiger partial charge is 0.376 e. The van der Waals surface area contributed by atoms with Gasteiger partial charge in [-0.25, -0.2) is 0 Å². The Morgan fingerprint density at radius 1 is 1.39 bits per heavy atom. The smallest absolute Gasteiger partial charge is 0.248 e. The van der Waals surface area contributed by atoms with Gasteiger partial charge in [0.25, 0.3) is 0 Å². The van der Waals surface area contributed by atoms with E-state index in [4.69, 9.17) is 14.2 Å². The van der Waals surface area contributed by atoms with E-state index >= 15 is 0 Å². The van der Waals surface area contributed by atoms with E-state index in [1.807, 2.05) is 24.0 Å². The Kier molecular flexibility index (Phi) is 5.25. The van der Waals surface area contributed by atoms with Crippen LogP contribution in [0.2, 0.25) is 0 Å². The zero-order valence-electron chi connectivity index (χ0n) is 13.6. The molecule has 0 aromatic carbocycles. The van der Waals surface area contributed by atoms with Crippen LogP contribution in [0.1, 0.15) is 18.9 Å². The summed E-state index contributed by atoms with van der Waals surface area (Å²) in [7, 11) is 0. The number of hydrogen-bond acceptors (Lipinski definition) is 5. The molecule has 2 saturated heterocycles. The van der Waals surface area contributed by atoms with Crippen molar-refractivity contribution in [2.75, 3.05) is 39.5 Å². The summed E-state index contributed by atoms with van der Waals surface area (Å²) in [6.45, 7) is 5.92. The molecule has 1 amide bonds. The van der Waals surface area contributed by atoms with Crippen LogP contribution in [-0.4, -0.2) is 60.9 Å². The van der Waals surface area contributed by atoms with Crippen molar-refractivity contribution in [3.8, 4) is 0 Å². The average molecular weight is 320 g/mol. The van der Waals surface area contributed by atoms with Crippen LogP contribution in [0.4, 0.5) is 0 Å². The van der Waals surface area contributed by atoms with Crippen molar-refractivity contribution < 1.29 is 19.0 Å². The quantitative estimate of drug-likeness (QED) is 0.757. The maximum Gasteiger partial charge on any atom is 0.248 e. The predicted octanol–water partition coefficient (Wildman–Crippen LogP) is 1.25. The molecule has 2 aliphatic heterocycles. The van der Waals surface area contributed by atoms with E-state index < -0.39 is 0 Å². The number of carbonyl (C=O) groups is 1. The van der Waals surface area contributed by atoms with Crippen LogP contribution < -0.4 is 0 Å². The van der Waals surface area contributed by atoms with Crippen molar-refractivity contribution in [3.63, 3.8) is 0 Å². The van der Waals surface area contributed by atoms with Crippen LogP contribution >= 0.6 is 0 Å². The van der Waals surface area contributed by atoms with Crippen LogP contribution in [0.15, 0.2) is 24.5 Å². The number of pyridine rings is 1. The minimum absolute atomic E-state index is 0.0458. The summed E-state index contributed by atoms with van der Waals surface area (Å²) in [5.74, 6) is 0.393. The van der Waals surface area contributed by atoms with E-state index in [1.165, 1.54) is 0 Å². The monoisotopic (exact) mass is 320 g/mol. The minimum atomic E-state index is -0.208. The van der Waals surface area contributed by atoms with Gasteiger partial charge in [-0.1, -0.05) is 0 Å². The molecule has 0 N–H and O–H groups in total. The van der Waals surface area contributed by atoms with Gasteiger partial charge in [-0.2, -0.15) is 0 Å². The fourth-order valence-corrected chi connectivity index (χ4v) is 3.22. The van der Waals surface area contributed by atoms with Gasteiger partial charge in [-0.05, 0) is 31.0 Å². The summed E-state index contributed by atoms with van der Waals surface area (Å²) < 4.78 is 17.0. The lowest BCUT2D eigenvalue weighted by molar-refractivity contribution is -0.172. The first-order valence-electron chi connectivity index (χ1n) is 8.19. The summed E-state index contributed by atoms with van der Waals surface area (Å²) in [4.78, 5) is 17.8. The highest BCUT2D eigenvalue weighted by atomic mass is 16.5. The Labute approximate surface area is 136 Å². The van der Waals surface area contributed by atoms with Gasteiger partial charge in [0, 0.05) is 31.5 Å². The summed E-state index contributed by atoms with van der Waals surface area (Å²) in [6.07, 6.45) is 4.53. The molecule has 0 bridgehead atoms. The van der Waals surface area contributed by atoms with E-state index in [9.17, 15) is 4.79 Å². The van der Waals surface area contributed by atoms with Crippen molar-refractivity contribution in [1.29, 1.82) is 0 Å². The molecule has 6 heteroatoms. The Morgan fingerprint density at radius 2 is 2.17 bits per heavy atom. The molecular formula is C17H24N2O4. The Morgan fingerprint density at radius 3 is 2.91 bits per heavy atom. The number of aromatic nitrogens is 1. The zero-order chi connectivity index (χ0) is 16.1. The number of likely N-dealkylation sites (tertiary alicyclic amines) is 1. The van der Waals surface area contributed by atoms with Gasteiger partial charge in [-0.15, -0.1) is 0 Å². The lowest BCUT2D eigenvalue weighted by atomic mass is 9.81. The van der Waals surface area contributed by atoms with E-state index in [0.717, 1.165) is 18.6 Å². The highest BCUT2D eigenvalue weighted by molar-refractivity contribution is 5.78. The van der Waals surface area contributed by atoms with Crippen molar-refractivity contribution in [3.05, 3.63) is 30.1 Å². The Balaban J connectivity index is 1.45. The van der Waals surface area contributed by atoms with Crippen molar-refractivity contribution in [1.82, 2.24) is 9.88 Å². The second-order valence-corrected chi connectivity index (χ2v) is 6.16. The average Bonchev–Trinajstić information content (AvgIpc) is 2.96. The van der Waals surface area contributed by atoms with E-state index in [-0.39, 0.29) is 18.1 Å². The number of ether oxygens (including phenoxy) is 3. The van der Waals surface area contributed by atoms with E-state index in [0.29, 0.717) is 38.8 Å². The first kappa shape index (κ1) is 16.4. The molecule has 1 aromatic heterocycles. The topological polar surface area (TPSA) is 60.9 Å². The molecule has 6 nitrogen and oxygen atoms in total. The summed E-state index contributed by atoms with van der Waals surface area (Å²) in [6, 6.07) is 3.91. The third-order valence-corrected chi connectivity index (χ3v) is 4.64. The van der Waals surface area contributed by atoms with Gasteiger partial charge in [0.05, 0.1) is 26.3 Å². The van der Waals surface area contributed by atoms with Gasteiger partial charge >= 0.3 is 0 Å². The lowest BCUT2D eigenvalue weighted by Crippen LogP contribution is -2.67. The molecular weight excluding hydrogens is 296 g/mol. The van der Waals surface area contributed by atoms with Crippen LogP contribution in [-0.2, 0) is 25.6 Å². The molecule has 0 saturated carbocycles. The van der Waals surface area contributed by atoms with Crippen LogP contribution in [0, 0.1) is 5.92 Å². The lowest BCUT2D eigenvalue weighted by Gasteiger charge is -2.50. The molecule has 23 heavy (non-hydrogen) atoms. The van der Waals surface area contributed by atoms with E-state index in [2.05, 4.69) is 4.98 Å². The van der Waals surface area contributed by atoms with Crippen LogP contribution in [0.5, 0.6) is 0 Å². The van der Waals surface area contributed by atoms with E-state index in [1.54, 1.807) is 12.4 Å². The second kappa shape index (κ2) is 7.38. The molecule has 0 radical (unpaired) electrons. The molecule has 0 aliphatic carbocycles. The molecule has 0 unspecified atom stereocenters. The number of nitrogens with zero attached hydrogens (tertiary/aromatic N) is 2. The van der Waals surface area contributed by atoms with Crippen molar-refractivity contribution in [2.24, 2.45) is 5.92 Å². The first-order valence-corrected chi connectivity index (χ1v) is 8.19. The summed E-state index contributed by atoms with van der Waals surface area (Å²) in [5.41, 5.74) is 0.912. The molecule has 1 aromatic rings. The summed E-state index contributed by atoms with van der Waals surface area (Å²) in [5, 5.41) is 0. The number of carbonyl (C=O) groups excluding carboxylic acids is 1. The molecule has 2 aliphatic rings. The second-order valence-electron chi connectivity index (χ2n) is 6.16. The number of amides is 1. The fourth-order valence-electron chi connectivity index (χ4n) is 3.22. The van der Waals surface area contributed by atoms with Crippen LogP contribution in [0.3, 0.4) is 0 Å². The Bertz CT molecular complexity index is 517. The summed E-state index contributed by atoms with van der Waals surface area (Å²) >= 11 is 0. The maximum absolute atomic E-state index is 11.9. The number of rotatable bonds is 7. The SMILES string of the molecule is CCOCC(=O)N1CC2(C1)OCC[C@H]2COCc1ccncc1. The van der Waals surface area contributed by atoms with Crippen LogP contribution in [0.25, 0.3) is 0 Å². The first-order chi connectivity index (χ1) is 11.2. The zero-order valence-corrected chi connectivity index (χ0v) is 13.6. The molecule has 3 heterocycles. The Hall–Kier alpha value is -1.50. The molecule has 3 rings (SSSR count). The number of hydrogen-bond donors (Lipinski definition) is 0. The van der Waals surface area contributed by atoms with Gasteiger partial charge in [-0.3, -0.25) is 9.78 Å².